The van der Waals surface area contributed by atoms with E-state index in [4.69, 9.17) is 14.0 Å². The molecule has 0 aliphatic carbocycles. The van der Waals surface area contributed by atoms with Crippen molar-refractivity contribution in [2.75, 3.05) is 26.4 Å². The Bertz CT molecular complexity index is 786. The van der Waals surface area contributed by atoms with E-state index < -0.39 is 0 Å². The quantitative estimate of drug-likeness (QED) is 0.820. The number of ether oxygens (including phenoxy) is 2. The molecule has 0 N–H and O–H groups in total. The molecule has 7 heteroatoms. The third kappa shape index (κ3) is 3.50. The molecular formula is C19H21FN2O4. The number of halogens is 1. The van der Waals surface area contributed by atoms with E-state index in [1.165, 1.54) is 6.07 Å². The van der Waals surface area contributed by atoms with Crippen LogP contribution in [-0.4, -0.2) is 48.4 Å². The van der Waals surface area contributed by atoms with E-state index in [9.17, 15) is 9.18 Å². The van der Waals surface area contributed by atoms with Gasteiger partial charge in [-0.1, -0.05) is 17.3 Å². The SMILES string of the molecule is O=C(COC[C@H]1CCCO1)N1CCc2onc(-c3ccccc3F)c2C1. The zero-order valence-electron chi connectivity index (χ0n) is 14.4. The predicted molar refractivity (Wildman–Crippen MR) is 90.8 cm³/mol. The summed E-state index contributed by atoms with van der Waals surface area (Å²) in [6.45, 7) is 2.13. The number of carbonyl (C=O) groups excluding carboxylic acids is 1. The lowest BCUT2D eigenvalue weighted by atomic mass is 10.0. The number of hydrogen-bond donors (Lipinski definition) is 0. The average Bonchev–Trinajstić information content (AvgIpc) is 3.31. The average molecular weight is 360 g/mol. The number of nitrogens with zero attached hydrogens (tertiary/aromatic N) is 2. The Morgan fingerprint density at radius 1 is 1.38 bits per heavy atom. The Balaban J connectivity index is 1.41. The maximum Gasteiger partial charge on any atom is 0.248 e. The molecule has 2 aliphatic rings. The lowest BCUT2D eigenvalue weighted by Crippen LogP contribution is -2.38. The van der Waals surface area contributed by atoms with Crippen LogP contribution in [0.4, 0.5) is 4.39 Å². The summed E-state index contributed by atoms with van der Waals surface area (Å²) in [6, 6.07) is 6.44. The van der Waals surface area contributed by atoms with Crippen LogP contribution in [-0.2, 0) is 27.2 Å². The maximum absolute atomic E-state index is 14.1. The topological polar surface area (TPSA) is 64.8 Å². The van der Waals surface area contributed by atoms with Crippen molar-refractivity contribution in [3.63, 3.8) is 0 Å². The molecule has 2 aliphatic heterocycles. The number of carbonyl (C=O) groups is 1. The molecule has 0 saturated carbocycles. The van der Waals surface area contributed by atoms with Crippen LogP contribution in [0.15, 0.2) is 28.8 Å². The van der Waals surface area contributed by atoms with Gasteiger partial charge in [0.1, 0.15) is 23.9 Å². The third-order valence-corrected chi connectivity index (χ3v) is 4.86. The molecule has 1 saturated heterocycles. The molecule has 1 fully saturated rings. The van der Waals surface area contributed by atoms with Crippen molar-refractivity contribution in [3.05, 3.63) is 41.4 Å². The smallest absolute Gasteiger partial charge is 0.248 e. The lowest BCUT2D eigenvalue weighted by Gasteiger charge is -2.26. The molecule has 0 radical (unpaired) electrons. The zero-order valence-corrected chi connectivity index (χ0v) is 14.4. The Labute approximate surface area is 150 Å². The van der Waals surface area contributed by atoms with Gasteiger partial charge in [0.15, 0.2) is 0 Å². The second-order valence-corrected chi connectivity index (χ2v) is 6.63. The molecule has 0 spiro atoms. The number of amides is 1. The van der Waals surface area contributed by atoms with Gasteiger partial charge < -0.3 is 18.9 Å². The minimum Gasteiger partial charge on any atom is -0.376 e. The molecule has 1 amide bonds. The van der Waals surface area contributed by atoms with Crippen molar-refractivity contribution in [1.29, 1.82) is 0 Å². The summed E-state index contributed by atoms with van der Waals surface area (Å²) in [5, 5.41) is 4.04. The Morgan fingerprint density at radius 3 is 3.08 bits per heavy atom. The third-order valence-electron chi connectivity index (χ3n) is 4.86. The highest BCUT2D eigenvalue weighted by Gasteiger charge is 2.28. The van der Waals surface area contributed by atoms with E-state index in [2.05, 4.69) is 5.16 Å². The van der Waals surface area contributed by atoms with Gasteiger partial charge in [0.25, 0.3) is 0 Å². The van der Waals surface area contributed by atoms with Gasteiger partial charge in [0.05, 0.1) is 19.3 Å². The van der Waals surface area contributed by atoms with Crippen LogP contribution in [0, 0.1) is 5.82 Å². The van der Waals surface area contributed by atoms with Crippen LogP contribution in [0.2, 0.25) is 0 Å². The minimum absolute atomic E-state index is 0.0233. The summed E-state index contributed by atoms with van der Waals surface area (Å²) in [5.74, 6) is 0.272. The Kier molecular flexibility index (Phi) is 4.99. The summed E-state index contributed by atoms with van der Waals surface area (Å²) in [4.78, 5) is 14.2. The summed E-state index contributed by atoms with van der Waals surface area (Å²) in [7, 11) is 0. The monoisotopic (exact) mass is 360 g/mol. The summed E-state index contributed by atoms with van der Waals surface area (Å²) in [5.41, 5.74) is 1.63. The van der Waals surface area contributed by atoms with E-state index in [0.717, 1.165) is 25.0 Å². The largest absolute Gasteiger partial charge is 0.376 e. The fourth-order valence-electron chi connectivity index (χ4n) is 3.43. The van der Waals surface area contributed by atoms with Crippen molar-refractivity contribution < 1.29 is 23.2 Å². The van der Waals surface area contributed by atoms with E-state index in [0.29, 0.717) is 43.1 Å². The number of aromatic nitrogens is 1. The molecule has 6 nitrogen and oxygen atoms in total. The van der Waals surface area contributed by atoms with Gasteiger partial charge >= 0.3 is 0 Å². The van der Waals surface area contributed by atoms with E-state index >= 15 is 0 Å². The Morgan fingerprint density at radius 2 is 2.27 bits per heavy atom. The van der Waals surface area contributed by atoms with Crippen LogP contribution >= 0.6 is 0 Å². The fourth-order valence-corrected chi connectivity index (χ4v) is 3.43. The van der Waals surface area contributed by atoms with Crippen molar-refractivity contribution in [2.45, 2.75) is 31.9 Å². The molecule has 0 unspecified atom stereocenters. The molecule has 4 rings (SSSR count). The van der Waals surface area contributed by atoms with Gasteiger partial charge in [-0.25, -0.2) is 4.39 Å². The molecule has 2 aromatic rings. The highest BCUT2D eigenvalue weighted by Crippen LogP contribution is 2.31. The van der Waals surface area contributed by atoms with Crippen LogP contribution in [0.1, 0.15) is 24.2 Å². The van der Waals surface area contributed by atoms with Gasteiger partial charge in [0.2, 0.25) is 5.91 Å². The number of fused-ring (bicyclic) bond motifs is 1. The van der Waals surface area contributed by atoms with Crippen LogP contribution < -0.4 is 0 Å². The first-order valence-electron chi connectivity index (χ1n) is 8.92. The summed E-state index contributed by atoms with van der Waals surface area (Å²) >= 11 is 0. The second kappa shape index (κ2) is 7.55. The predicted octanol–water partition coefficient (Wildman–Crippen LogP) is 2.56. The van der Waals surface area contributed by atoms with Gasteiger partial charge in [-0.3, -0.25) is 4.79 Å². The van der Waals surface area contributed by atoms with Gasteiger partial charge in [-0.2, -0.15) is 0 Å². The lowest BCUT2D eigenvalue weighted by molar-refractivity contribution is -0.138. The molecule has 138 valence electrons. The van der Waals surface area contributed by atoms with Crippen molar-refractivity contribution in [2.24, 2.45) is 0 Å². The van der Waals surface area contributed by atoms with E-state index in [1.807, 2.05) is 0 Å². The van der Waals surface area contributed by atoms with Gasteiger partial charge in [0, 0.05) is 30.7 Å². The first kappa shape index (κ1) is 17.2. The number of benzene rings is 1. The van der Waals surface area contributed by atoms with Crippen LogP contribution in [0.3, 0.4) is 0 Å². The molecule has 1 aromatic heterocycles. The molecular weight excluding hydrogens is 339 g/mol. The zero-order chi connectivity index (χ0) is 17.9. The van der Waals surface area contributed by atoms with E-state index in [-0.39, 0.29) is 24.4 Å². The highest BCUT2D eigenvalue weighted by molar-refractivity contribution is 5.78. The first-order valence-corrected chi connectivity index (χ1v) is 8.92. The second-order valence-electron chi connectivity index (χ2n) is 6.63. The summed E-state index contributed by atoms with van der Waals surface area (Å²) in [6.07, 6.45) is 2.69. The molecule has 0 bridgehead atoms. The highest BCUT2D eigenvalue weighted by atomic mass is 19.1. The minimum atomic E-state index is -0.355. The summed E-state index contributed by atoms with van der Waals surface area (Å²) < 4.78 is 30.5. The van der Waals surface area contributed by atoms with Gasteiger partial charge in [-0.15, -0.1) is 0 Å². The van der Waals surface area contributed by atoms with Crippen LogP contribution in [0.5, 0.6) is 0 Å². The van der Waals surface area contributed by atoms with E-state index in [1.54, 1.807) is 23.1 Å². The number of rotatable bonds is 5. The molecule has 1 atom stereocenters. The van der Waals surface area contributed by atoms with Gasteiger partial charge in [-0.05, 0) is 25.0 Å². The molecule has 3 heterocycles. The van der Waals surface area contributed by atoms with Crippen molar-refractivity contribution in [3.8, 4) is 11.3 Å². The first-order chi connectivity index (χ1) is 12.7. The van der Waals surface area contributed by atoms with Crippen molar-refractivity contribution >= 4 is 5.91 Å². The molecule has 1 aromatic carbocycles. The maximum atomic E-state index is 14.1. The van der Waals surface area contributed by atoms with Crippen molar-refractivity contribution in [1.82, 2.24) is 10.1 Å². The normalized spacial score (nSPS) is 19.6. The standard InChI is InChI=1S/C19H21FN2O4/c20-16-6-2-1-5-14(16)19-15-10-22(8-7-17(15)26-21-19)18(23)12-24-11-13-4-3-9-25-13/h1-2,5-6,13H,3-4,7-12H2/t13-/m1/s1. The fraction of sp³-hybridized carbons (Fsp3) is 0.474. The molecule has 26 heavy (non-hydrogen) atoms. The Hall–Kier alpha value is -2.25. The number of hydrogen-bond acceptors (Lipinski definition) is 5. The van der Waals surface area contributed by atoms with Crippen LogP contribution in [0.25, 0.3) is 11.3 Å².